The lowest BCUT2D eigenvalue weighted by molar-refractivity contribution is -0.113. The van der Waals surface area contributed by atoms with Crippen molar-refractivity contribution in [2.75, 3.05) is 5.73 Å². The number of terminal acetylenes is 1. The third-order valence-electron chi connectivity index (χ3n) is 2.79. The summed E-state index contributed by atoms with van der Waals surface area (Å²) in [5.41, 5.74) is 8.86. The molecule has 1 atom stereocenters. The third kappa shape index (κ3) is 3.13. The zero-order valence-corrected chi connectivity index (χ0v) is 9.79. The maximum absolute atomic E-state index is 11.0. The Balaban J connectivity index is 2.70. The number of aryl methyl sites for hydroxylation is 1. The van der Waals surface area contributed by atoms with Gasteiger partial charge in [-0.1, -0.05) is 13.0 Å². The molecule has 0 aliphatic heterocycles. The van der Waals surface area contributed by atoms with E-state index in [9.17, 15) is 4.79 Å². The van der Waals surface area contributed by atoms with E-state index >= 15 is 0 Å². The van der Waals surface area contributed by atoms with Gasteiger partial charge in [-0.05, 0) is 48.4 Å². The molecule has 1 aromatic carbocycles. The minimum atomic E-state index is -0.125. The Bertz CT molecular complexity index is 429. The Labute approximate surface area is 96.9 Å². The van der Waals surface area contributed by atoms with E-state index in [2.05, 4.69) is 12.8 Å². The van der Waals surface area contributed by atoms with Crippen LogP contribution < -0.4 is 5.73 Å². The van der Waals surface area contributed by atoms with E-state index in [1.54, 1.807) is 0 Å². The van der Waals surface area contributed by atoms with Crippen LogP contribution in [0.25, 0.3) is 0 Å². The molecule has 1 aromatic rings. The molecule has 0 aromatic heterocycles. The van der Waals surface area contributed by atoms with Crippen LogP contribution in [0.5, 0.6) is 0 Å². The molecule has 2 nitrogen and oxygen atoms in total. The summed E-state index contributed by atoms with van der Waals surface area (Å²) in [7, 11) is 0. The van der Waals surface area contributed by atoms with Crippen LogP contribution in [0.15, 0.2) is 18.2 Å². The van der Waals surface area contributed by atoms with Crippen molar-refractivity contribution in [2.24, 2.45) is 0 Å². The molecule has 1 unspecified atom stereocenters. The Morgan fingerprint density at radius 1 is 1.56 bits per heavy atom. The Morgan fingerprint density at radius 3 is 2.81 bits per heavy atom. The van der Waals surface area contributed by atoms with Crippen molar-refractivity contribution in [1.29, 1.82) is 0 Å². The van der Waals surface area contributed by atoms with Crippen LogP contribution in [0, 0.1) is 19.3 Å². The zero-order chi connectivity index (χ0) is 12.1. The molecule has 0 bridgehead atoms. The fourth-order valence-electron chi connectivity index (χ4n) is 1.83. The van der Waals surface area contributed by atoms with Gasteiger partial charge in [0, 0.05) is 12.1 Å². The minimum Gasteiger partial charge on any atom is -0.399 e. The summed E-state index contributed by atoms with van der Waals surface area (Å²) in [6.07, 6.45) is 6.26. The van der Waals surface area contributed by atoms with Crippen LogP contribution in [-0.4, -0.2) is 5.78 Å². The number of anilines is 1. The van der Waals surface area contributed by atoms with Crippen molar-refractivity contribution in [3.63, 3.8) is 0 Å². The lowest BCUT2D eigenvalue weighted by atomic mass is 9.91. The van der Waals surface area contributed by atoms with E-state index < -0.39 is 0 Å². The first-order chi connectivity index (χ1) is 7.54. The quantitative estimate of drug-likeness (QED) is 0.476. The van der Waals surface area contributed by atoms with Gasteiger partial charge in [0.2, 0.25) is 5.78 Å². The van der Waals surface area contributed by atoms with E-state index in [1.165, 1.54) is 11.1 Å². The lowest BCUT2D eigenvalue weighted by Gasteiger charge is -2.14. The van der Waals surface area contributed by atoms with Gasteiger partial charge in [-0.25, -0.2) is 0 Å². The van der Waals surface area contributed by atoms with Gasteiger partial charge in [-0.2, -0.15) is 0 Å². The Hall–Kier alpha value is -1.75. The third-order valence-corrected chi connectivity index (χ3v) is 2.79. The number of nitrogen functional groups attached to an aromatic ring is 1. The van der Waals surface area contributed by atoms with Gasteiger partial charge >= 0.3 is 0 Å². The normalized spacial score (nSPS) is 11.8. The molecule has 84 valence electrons. The molecule has 16 heavy (non-hydrogen) atoms. The second-order valence-electron chi connectivity index (χ2n) is 4.12. The number of nitrogens with two attached hydrogens (primary N) is 1. The fraction of sp³-hybridized carbons (Fsp3) is 0.357. The molecule has 0 aliphatic carbocycles. The van der Waals surface area contributed by atoms with Crippen molar-refractivity contribution in [3.8, 4) is 12.3 Å². The fourth-order valence-corrected chi connectivity index (χ4v) is 1.83. The largest absolute Gasteiger partial charge is 0.399 e. The molecule has 0 saturated heterocycles. The summed E-state index contributed by atoms with van der Waals surface area (Å²) >= 11 is 0. The average Bonchev–Trinajstić information content (AvgIpc) is 2.25. The highest BCUT2D eigenvalue weighted by Crippen LogP contribution is 2.25. The predicted octanol–water partition coefficient (Wildman–Crippen LogP) is 2.66. The summed E-state index contributed by atoms with van der Waals surface area (Å²) in [6, 6.07) is 5.87. The number of hydrogen-bond acceptors (Lipinski definition) is 2. The van der Waals surface area contributed by atoms with Gasteiger partial charge in [0.15, 0.2) is 0 Å². The molecular weight excluding hydrogens is 198 g/mol. The molecule has 2 heteroatoms. The standard InChI is InChI=1S/C14H17NO/c1-4-13(16)7-5-10(2)14-8-6-12(15)9-11(14)3/h1,6,8-10H,5,7,15H2,2-3H3. The molecule has 0 fully saturated rings. The highest BCUT2D eigenvalue weighted by atomic mass is 16.1. The first kappa shape index (κ1) is 12.3. The number of benzene rings is 1. The summed E-state index contributed by atoms with van der Waals surface area (Å²) in [5.74, 6) is 2.34. The monoisotopic (exact) mass is 215 g/mol. The minimum absolute atomic E-state index is 0.125. The van der Waals surface area contributed by atoms with Gasteiger partial charge in [0.25, 0.3) is 0 Å². The highest BCUT2D eigenvalue weighted by molar-refractivity contribution is 5.94. The molecule has 0 radical (unpaired) electrons. The van der Waals surface area contributed by atoms with E-state index in [0.29, 0.717) is 12.3 Å². The number of carbonyl (C=O) groups excluding carboxylic acids is 1. The van der Waals surface area contributed by atoms with E-state index in [0.717, 1.165) is 12.1 Å². The van der Waals surface area contributed by atoms with Crippen molar-refractivity contribution < 1.29 is 4.79 Å². The molecule has 2 N–H and O–H groups in total. The van der Waals surface area contributed by atoms with Crippen LogP contribution >= 0.6 is 0 Å². The first-order valence-corrected chi connectivity index (χ1v) is 5.40. The molecule has 0 saturated carbocycles. The van der Waals surface area contributed by atoms with Gasteiger partial charge in [-0.3, -0.25) is 4.79 Å². The lowest BCUT2D eigenvalue weighted by Crippen LogP contribution is -2.01. The summed E-state index contributed by atoms with van der Waals surface area (Å²) < 4.78 is 0. The van der Waals surface area contributed by atoms with Crippen molar-refractivity contribution in [1.82, 2.24) is 0 Å². The molecule has 0 spiro atoms. The van der Waals surface area contributed by atoms with Crippen molar-refractivity contribution >= 4 is 11.5 Å². The summed E-state index contributed by atoms with van der Waals surface area (Å²) in [6.45, 7) is 4.13. The van der Waals surface area contributed by atoms with Gasteiger partial charge in [-0.15, -0.1) is 6.42 Å². The van der Waals surface area contributed by atoms with Crippen LogP contribution in [0.3, 0.4) is 0 Å². The Morgan fingerprint density at radius 2 is 2.25 bits per heavy atom. The van der Waals surface area contributed by atoms with E-state index in [1.807, 2.05) is 25.1 Å². The topological polar surface area (TPSA) is 43.1 Å². The van der Waals surface area contributed by atoms with Crippen LogP contribution in [0.4, 0.5) is 5.69 Å². The average molecular weight is 215 g/mol. The zero-order valence-electron chi connectivity index (χ0n) is 9.79. The Kier molecular flexibility index (Phi) is 4.13. The number of ketones is 1. The van der Waals surface area contributed by atoms with Gasteiger partial charge in [0.05, 0.1) is 0 Å². The molecular formula is C14H17NO. The van der Waals surface area contributed by atoms with Crippen LogP contribution in [-0.2, 0) is 4.79 Å². The maximum Gasteiger partial charge on any atom is 0.205 e. The maximum atomic E-state index is 11.0. The second-order valence-corrected chi connectivity index (χ2v) is 4.12. The smallest absolute Gasteiger partial charge is 0.205 e. The SMILES string of the molecule is C#CC(=O)CCC(C)c1ccc(N)cc1C. The predicted molar refractivity (Wildman–Crippen MR) is 67.1 cm³/mol. The highest BCUT2D eigenvalue weighted by Gasteiger charge is 2.10. The van der Waals surface area contributed by atoms with Gasteiger partial charge in [0.1, 0.15) is 0 Å². The number of carbonyl (C=O) groups is 1. The number of hydrogen-bond donors (Lipinski definition) is 1. The molecule has 0 aliphatic rings. The molecule has 0 amide bonds. The van der Waals surface area contributed by atoms with Crippen LogP contribution in [0.1, 0.15) is 36.8 Å². The molecule has 0 heterocycles. The summed E-state index contributed by atoms with van der Waals surface area (Å²) in [5, 5.41) is 0. The van der Waals surface area contributed by atoms with Gasteiger partial charge < -0.3 is 5.73 Å². The number of Topliss-reactive ketones (excluding diaryl/α,β-unsaturated/α-hetero) is 1. The van der Waals surface area contributed by atoms with Crippen molar-refractivity contribution in [2.45, 2.75) is 32.6 Å². The summed E-state index contributed by atoms with van der Waals surface area (Å²) in [4.78, 5) is 11.0. The first-order valence-electron chi connectivity index (χ1n) is 5.40. The second kappa shape index (κ2) is 5.37. The van der Waals surface area contributed by atoms with Crippen LogP contribution in [0.2, 0.25) is 0 Å². The molecule has 1 rings (SSSR count). The van der Waals surface area contributed by atoms with E-state index in [-0.39, 0.29) is 5.78 Å². The van der Waals surface area contributed by atoms with Crippen molar-refractivity contribution in [3.05, 3.63) is 29.3 Å². The van der Waals surface area contributed by atoms with E-state index in [4.69, 9.17) is 12.2 Å². The number of rotatable bonds is 4.